The summed E-state index contributed by atoms with van der Waals surface area (Å²) >= 11 is 0. The number of nitrogens with one attached hydrogen (secondary N) is 2. The van der Waals surface area contributed by atoms with E-state index in [0.29, 0.717) is 6.54 Å². The van der Waals surface area contributed by atoms with Gasteiger partial charge in [-0.1, -0.05) is 18.2 Å². The van der Waals surface area contributed by atoms with Crippen molar-refractivity contribution in [2.75, 3.05) is 50.1 Å². The molecular weight excluding hydrogens is 340 g/mol. The lowest BCUT2D eigenvalue weighted by Gasteiger charge is -2.35. The molecular formula is C21H24N4O2. The second kappa shape index (κ2) is 7.72. The molecule has 6 nitrogen and oxygen atoms in total. The maximum atomic E-state index is 12.5. The number of ether oxygens (including phenoxy) is 1. The Balaban J connectivity index is 1.30. The van der Waals surface area contributed by atoms with Gasteiger partial charge in [-0.25, -0.2) is 0 Å². The predicted octanol–water partition coefficient (Wildman–Crippen LogP) is 2.94. The van der Waals surface area contributed by atoms with Crippen LogP contribution in [0.5, 0.6) is 5.75 Å². The van der Waals surface area contributed by atoms with E-state index in [1.54, 1.807) is 7.11 Å². The Labute approximate surface area is 158 Å². The van der Waals surface area contributed by atoms with Crippen LogP contribution in [0, 0.1) is 0 Å². The molecule has 0 saturated carbocycles. The minimum absolute atomic E-state index is 0.0256. The molecule has 1 fully saturated rings. The highest BCUT2D eigenvalue weighted by molar-refractivity contribution is 6.02. The molecule has 2 N–H and O–H groups in total. The lowest BCUT2D eigenvalue weighted by atomic mass is 10.2. The van der Waals surface area contributed by atoms with Crippen molar-refractivity contribution in [2.45, 2.75) is 0 Å². The van der Waals surface area contributed by atoms with E-state index in [4.69, 9.17) is 4.74 Å². The quantitative estimate of drug-likeness (QED) is 0.731. The third-order valence-electron chi connectivity index (χ3n) is 5.04. The molecule has 1 saturated heterocycles. The van der Waals surface area contributed by atoms with Gasteiger partial charge in [0.1, 0.15) is 5.75 Å². The molecule has 2 aromatic carbocycles. The number of hydrogen-bond acceptors (Lipinski definition) is 4. The fourth-order valence-corrected chi connectivity index (χ4v) is 3.52. The summed E-state index contributed by atoms with van der Waals surface area (Å²) in [5, 5.41) is 4.07. The third-order valence-corrected chi connectivity index (χ3v) is 5.04. The summed E-state index contributed by atoms with van der Waals surface area (Å²) in [4.78, 5) is 20.2. The first-order valence-electron chi connectivity index (χ1n) is 9.20. The number of methoxy groups -OCH3 is 1. The van der Waals surface area contributed by atoms with Crippen LogP contribution in [0.4, 0.5) is 11.4 Å². The molecule has 0 bridgehead atoms. The van der Waals surface area contributed by atoms with Crippen molar-refractivity contribution in [1.82, 2.24) is 9.88 Å². The Morgan fingerprint density at radius 1 is 1.07 bits per heavy atom. The number of anilines is 2. The van der Waals surface area contributed by atoms with Crippen LogP contribution < -0.4 is 15.0 Å². The zero-order valence-corrected chi connectivity index (χ0v) is 15.4. The molecule has 1 aliphatic heterocycles. The number of benzene rings is 2. The van der Waals surface area contributed by atoms with Gasteiger partial charge in [-0.15, -0.1) is 0 Å². The van der Waals surface area contributed by atoms with Crippen molar-refractivity contribution in [3.8, 4) is 5.75 Å². The summed E-state index contributed by atoms with van der Waals surface area (Å²) in [6.45, 7) is 3.97. The van der Waals surface area contributed by atoms with Crippen LogP contribution >= 0.6 is 0 Å². The van der Waals surface area contributed by atoms with Gasteiger partial charge in [0, 0.05) is 49.0 Å². The van der Waals surface area contributed by atoms with Gasteiger partial charge in [0.25, 0.3) is 0 Å². The van der Waals surface area contributed by atoms with Gasteiger partial charge < -0.3 is 19.9 Å². The number of H-pyrrole nitrogens is 1. The van der Waals surface area contributed by atoms with E-state index in [9.17, 15) is 4.79 Å². The number of aromatic nitrogens is 1. The molecule has 3 aromatic rings. The number of para-hydroxylation sites is 1. The maximum absolute atomic E-state index is 12.5. The minimum atomic E-state index is 0.0256. The van der Waals surface area contributed by atoms with Gasteiger partial charge >= 0.3 is 0 Å². The first-order valence-corrected chi connectivity index (χ1v) is 9.20. The van der Waals surface area contributed by atoms with E-state index in [0.717, 1.165) is 48.5 Å². The zero-order valence-electron chi connectivity index (χ0n) is 15.4. The Hall–Kier alpha value is -2.99. The molecule has 0 unspecified atom stereocenters. The first kappa shape index (κ1) is 17.4. The average Bonchev–Trinajstić information content (AvgIpc) is 3.11. The molecule has 1 amide bonds. The fourth-order valence-electron chi connectivity index (χ4n) is 3.52. The molecule has 140 valence electrons. The van der Waals surface area contributed by atoms with E-state index >= 15 is 0 Å². The van der Waals surface area contributed by atoms with Gasteiger partial charge in [0.05, 0.1) is 19.3 Å². The van der Waals surface area contributed by atoms with Crippen LogP contribution in [0.3, 0.4) is 0 Å². The number of fused-ring (bicyclic) bond motifs is 1. The Morgan fingerprint density at radius 3 is 2.56 bits per heavy atom. The number of amides is 1. The maximum Gasteiger partial charge on any atom is 0.238 e. The molecule has 0 radical (unpaired) electrons. The van der Waals surface area contributed by atoms with Crippen molar-refractivity contribution in [2.24, 2.45) is 0 Å². The molecule has 1 aromatic heterocycles. The lowest BCUT2D eigenvalue weighted by molar-refractivity contribution is -0.117. The summed E-state index contributed by atoms with van der Waals surface area (Å²) in [6, 6.07) is 16.1. The SMILES string of the molecule is COc1ccc(N2CCN(CC(=O)Nc3c[nH]c4ccccc34)CC2)cc1. The fraction of sp³-hybridized carbons (Fsp3) is 0.286. The van der Waals surface area contributed by atoms with E-state index in [2.05, 4.69) is 32.2 Å². The highest BCUT2D eigenvalue weighted by Crippen LogP contribution is 2.23. The zero-order chi connectivity index (χ0) is 18.6. The molecule has 0 aliphatic carbocycles. The van der Waals surface area contributed by atoms with Crippen LogP contribution in [0.1, 0.15) is 0 Å². The largest absolute Gasteiger partial charge is 0.497 e. The standard InChI is InChI=1S/C21H24N4O2/c1-27-17-8-6-16(7-9-17)25-12-10-24(11-13-25)15-21(26)23-20-14-22-19-5-3-2-4-18(19)20/h2-9,14,22H,10-13,15H2,1H3,(H,23,26). The van der Waals surface area contributed by atoms with Gasteiger partial charge in [0.15, 0.2) is 0 Å². The Kier molecular flexibility index (Phi) is 4.98. The summed E-state index contributed by atoms with van der Waals surface area (Å²) in [6.07, 6.45) is 1.85. The van der Waals surface area contributed by atoms with E-state index in [1.807, 2.05) is 42.6 Å². The van der Waals surface area contributed by atoms with Crippen molar-refractivity contribution in [1.29, 1.82) is 0 Å². The van der Waals surface area contributed by atoms with Gasteiger partial charge in [0.2, 0.25) is 5.91 Å². The molecule has 0 atom stereocenters. The summed E-state index contributed by atoms with van der Waals surface area (Å²) in [5.74, 6) is 0.893. The molecule has 6 heteroatoms. The number of nitrogens with zero attached hydrogens (tertiary/aromatic N) is 2. The van der Waals surface area contributed by atoms with Gasteiger partial charge in [-0.3, -0.25) is 9.69 Å². The second-order valence-electron chi connectivity index (χ2n) is 6.76. The number of rotatable bonds is 5. The molecule has 2 heterocycles. The van der Waals surface area contributed by atoms with Crippen LogP contribution in [-0.4, -0.2) is 55.6 Å². The first-order chi connectivity index (χ1) is 13.2. The summed E-state index contributed by atoms with van der Waals surface area (Å²) < 4.78 is 5.21. The summed E-state index contributed by atoms with van der Waals surface area (Å²) in [5.41, 5.74) is 3.06. The highest BCUT2D eigenvalue weighted by atomic mass is 16.5. The van der Waals surface area contributed by atoms with Crippen molar-refractivity contribution >= 4 is 28.2 Å². The molecule has 0 spiro atoms. The van der Waals surface area contributed by atoms with E-state index < -0.39 is 0 Å². The van der Waals surface area contributed by atoms with Crippen molar-refractivity contribution < 1.29 is 9.53 Å². The van der Waals surface area contributed by atoms with Gasteiger partial charge in [-0.05, 0) is 30.3 Å². The third kappa shape index (κ3) is 3.90. The number of hydrogen-bond donors (Lipinski definition) is 2. The van der Waals surface area contributed by atoms with Crippen molar-refractivity contribution in [3.05, 3.63) is 54.7 Å². The number of carbonyl (C=O) groups excluding carboxylic acids is 1. The van der Waals surface area contributed by atoms with E-state index in [-0.39, 0.29) is 5.91 Å². The van der Waals surface area contributed by atoms with Crippen LogP contribution in [0.15, 0.2) is 54.7 Å². The number of carbonyl (C=O) groups is 1. The minimum Gasteiger partial charge on any atom is -0.497 e. The lowest BCUT2D eigenvalue weighted by Crippen LogP contribution is -2.48. The summed E-state index contributed by atoms with van der Waals surface area (Å²) in [7, 11) is 1.68. The van der Waals surface area contributed by atoms with Crippen LogP contribution in [0.2, 0.25) is 0 Å². The topological polar surface area (TPSA) is 60.6 Å². The Bertz CT molecular complexity index is 911. The molecule has 27 heavy (non-hydrogen) atoms. The molecule has 4 rings (SSSR count). The number of piperazine rings is 1. The Morgan fingerprint density at radius 2 is 1.81 bits per heavy atom. The van der Waals surface area contributed by atoms with Crippen LogP contribution in [-0.2, 0) is 4.79 Å². The average molecular weight is 364 g/mol. The second-order valence-corrected chi connectivity index (χ2v) is 6.76. The highest BCUT2D eigenvalue weighted by Gasteiger charge is 2.19. The van der Waals surface area contributed by atoms with Crippen molar-refractivity contribution in [3.63, 3.8) is 0 Å². The van der Waals surface area contributed by atoms with Gasteiger partial charge in [-0.2, -0.15) is 0 Å². The van der Waals surface area contributed by atoms with E-state index in [1.165, 1.54) is 5.69 Å². The predicted molar refractivity (Wildman–Crippen MR) is 109 cm³/mol. The normalized spacial score (nSPS) is 15.1. The molecule has 1 aliphatic rings. The smallest absolute Gasteiger partial charge is 0.238 e. The number of aromatic amines is 1. The van der Waals surface area contributed by atoms with Crippen LogP contribution in [0.25, 0.3) is 10.9 Å². The monoisotopic (exact) mass is 364 g/mol.